The van der Waals surface area contributed by atoms with E-state index in [2.05, 4.69) is 5.32 Å². The van der Waals surface area contributed by atoms with E-state index < -0.39 is 34.3 Å². The van der Waals surface area contributed by atoms with Crippen LogP contribution in [0.1, 0.15) is 45.2 Å². The fraction of sp³-hybridized carbons (Fsp3) is 0.333. The number of anilines is 1. The summed E-state index contributed by atoms with van der Waals surface area (Å²) in [5, 5.41) is 2.89. The molecule has 0 spiro atoms. The lowest BCUT2D eigenvalue weighted by molar-refractivity contribution is -0.139. The molecule has 9 heteroatoms. The van der Waals surface area contributed by atoms with Gasteiger partial charge in [-0.2, -0.15) is 0 Å². The van der Waals surface area contributed by atoms with E-state index in [1.54, 1.807) is 49.4 Å². The lowest BCUT2D eigenvalue weighted by Gasteiger charge is -2.33. The van der Waals surface area contributed by atoms with Gasteiger partial charge in [-0.1, -0.05) is 62.4 Å². The molecule has 0 saturated carbocycles. The van der Waals surface area contributed by atoms with Crippen LogP contribution < -0.4 is 9.62 Å². The highest BCUT2D eigenvalue weighted by Gasteiger charge is 2.33. The summed E-state index contributed by atoms with van der Waals surface area (Å²) < 4.78 is 42.4. The van der Waals surface area contributed by atoms with Crippen LogP contribution in [0.25, 0.3) is 0 Å². The fourth-order valence-corrected chi connectivity index (χ4v) is 5.59. The van der Waals surface area contributed by atoms with E-state index in [0.29, 0.717) is 24.1 Å². The van der Waals surface area contributed by atoms with Crippen LogP contribution in [-0.2, 0) is 32.6 Å². The molecular weight excluding hydrogens is 517 g/mol. The Balaban J connectivity index is 2.04. The summed E-state index contributed by atoms with van der Waals surface area (Å²) in [6, 6.07) is 19.6. The Hall–Kier alpha value is -3.72. The van der Waals surface area contributed by atoms with Gasteiger partial charge < -0.3 is 10.2 Å². The molecule has 3 aromatic carbocycles. The molecule has 0 aliphatic rings. The zero-order chi connectivity index (χ0) is 28.6. The van der Waals surface area contributed by atoms with Crippen molar-refractivity contribution in [2.75, 3.05) is 10.8 Å². The van der Waals surface area contributed by atoms with Gasteiger partial charge in [0.2, 0.25) is 11.8 Å². The zero-order valence-electron chi connectivity index (χ0n) is 22.8. The average molecular weight is 554 g/mol. The number of halogens is 1. The number of hydrogen-bond acceptors (Lipinski definition) is 4. The van der Waals surface area contributed by atoms with Crippen molar-refractivity contribution in [3.05, 3.63) is 95.8 Å². The first kappa shape index (κ1) is 29.8. The molecule has 0 fully saturated rings. The normalized spacial score (nSPS) is 12.8. The SMILES string of the molecule is CCc1ccccc1N(CC(=O)N(Cc1ccc(F)cc1)[C@H](C)C(=O)N[C@@H](C)CC)S(=O)(=O)c1ccccc1. The number of nitrogens with one attached hydrogen (secondary N) is 1. The van der Waals surface area contributed by atoms with Gasteiger partial charge in [-0.25, -0.2) is 12.8 Å². The van der Waals surface area contributed by atoms with Crippen LogP contribution >= 0.6 is 0 Å². The van der Waals surface area contributed by atoms with E-state index in [9.17, 15) is 22.4 Å². The van der Waals surface area contributed by atoms with Crippen molar-refractivity contribution >= 4 is 27.5 Å². The van der Waals surface area contributed by atoms with Crippen molar-refractivity contribution < 1.29 is 22.4 Å². The van der Waals surface area contributed by atoms with Gasteiger partial charge in [-0.3, -0.25) is 13.9 Å². The maximum atomic E-state index is 13.9. The highest BCUT2D eigenvalue weighted by Crippen LogP contribution is 2.28. The number of rotatable bonds is 12. The quantitative estimate of drug-likeness (QED) is 0.345. The number of carbonyl (C=O) groups excluding carboxylic acids is 2. The monoisotopic (exact) mass is 553 g/mol. The summed E-state index contributed by atoms with van der Waals surface area (Å²) in [5.74, 6) is -1.33. The molecule has 0 aliphatic heterocycles. The van der Waals surface area contributed by atoms with Crippen LogP contribution in [0.2, 0.25) is 0 Å². The molecule has 39 heavy (non-hydrogen) atoms. The molecule has 0 aliphatic carbocycles. The van der Waals surface area contributed by atoms with Crippen molar-refractivity contribution in [1.82, 2.24) is 10.2 Å². The number of hydrogen-bond donors (Lipinski definition) is 1. The second-order valence-electron chi connectivity index (χ2n) is 9.45. The van der Waals surface area contributed by atoms with Crippen LogP contribution in [0, 0.1) is 5.82 Å². The molecule has 1 N–H and O–H groups in total. The highest BCUT2D eigenvalue weighted by molar-refractivity contribution is 7.92. The molecule has 2 amide bonds. The van der Waals surface area contributed by atoms with Crippen LogP contribution in [0.4, 0.5) is 10.1 Å². The molecule has 208 valence electrons. The first-order valence-electron chi connectivity index (χ1n) is 13.1. The Kier molecular flexibility index (Phi) is 10.2. The van der Waals surface area contributed by atoms with Crippen molar-refractivity contribution in [3.63, 3.8) is 0 Å². The lowest BCUT2D eigenvalue weighted by atomic mass is 10.1. The van der Waals surface area contributed by atoms with Crippen LogP contribution in [0.5, 0.6) is 0 Å². The van der Waals surface area contributed by atoms with E-state index in [-0.39, 0.29) is 23.4 Å². The second kappa shape index (κ2) is 13.4. The largest absolute Gasteiger partial charge is 0.352 e. The molecule has 7 nitrogen and oxygen atoms in total. The smallest absolute Gasteiger partial charge is 0.264 e. The molecular formula is C30H36FN3O4S. The second-order valence-corrected chi connectivity index (χ2v) is 11.3. The predicted molar refractivity (Wildman–Crippen MR) is 151 cm³/mol. The number of sulfonamides is 1. The van der Waals surface area contributed by atoms with Gasteiger partial charge in [0.25, 0.3) is 10.0 Å². The van der Waals surface area contributed by atoms with Crippen molar-refractivity contribution in [2.24, 2.45) is 0 Å². The molecule has 3 aromatic rings. The Morgan fingerprint density at radius 3 is 2.13 bits per heavy atom. The van der Waals surface area contributed by atoms with Gasteiger partial charge >= 0.3 is 0 Å². The van der Waals surface area contributed by atoms with Gasteiger partial charge in [0.05, 0.1) is 10.6 Å². The third-order valence-corrected chi connectivity index (χ3v) is 8.46. The van der Waals surface area contributed by atoms with Gasteiger partial charge in [-0.15, -0.1) is 0 Å². The Labute approximate surface area is 230 Å². The third-order valence-electron chi connectivity index (χ3n) is 6.69. The molecule has 2 atom stereocenters. The van der Waals surface area contributed by atoms with E-state index in [1.165, 1.54) is 29.2 Å². The minimum absolute atomic E-state index is 0.00283. The number of para-hydroxylation sites is 1. The van der Waals surface area contributed by atoms with Gasteiger partial charge in [-0.05, 0) is 68.1 Å². The topological polar surface area (TPSA) is 86.8 Å². The number of amides is 2. The molecule has 0 heterocycles. The highest BCUT2D eigenvalue weighted by atomic mass is 32.2. The van der Waals surface area contributed by atoms with Crippen molar-refractivity contribution in [2.45, 2.75) is 64.1 Å². The van der Waals surface area contributed by atoms with E-state index >= 15 is 0 Å². The Morgan fingerprint density at radius 1 is 0.897 bits per heavy atom. The van der Waals surface area contributed by atoms with E-state index in [1.807, 2.05) is 32.9 Å². The number of benzene rings is 3. The van der Waals surface area contributed by atoms with Crippen LogP contribution in [-0.4, -0.2) is 43.8 Å². The number of carbonyl (C=O) groups is 2. The van der Waals surface area contributed by atoms with Crippen LogP contribution in [0.3, 0.4) is 0 Å². The summed E-state index contributed by atoms with van der Waals surface area (Å²) in [4.78, 5) is 28.4. The summed E-state index contributed by atoms with van der Waals surface area (Å²) >= 11 is 0. The summed E-state index contributed by atoms with van der Waals surface area (Å²) in [5.41, 5.74) is 1.77. The van der Waals surface area contributed by atoms with Crippen LogP contribution in [0.15, 0.2) is 83.8 Å². The molecule has 0 saturated heterocycles. The fourth-order valence-electron chi connectivity index (χ4n) is 4.12. The Bertz CT molecular complexity index is 1360. The average Bonchev–Trinajstić information content (AvgIpc) is 2.95. The minimum Gasteiger partial charge on any atom is -0.352 e. The lowest BCUT2D eigenvalue weighted by Crippen LogP contribution is -2.52. The molecule has 0 radical (unpaired) electrons. The zero-order valence-corrected chi connectivity index (χ0v) is 23.6. The van der Waals surface area contributed by atoms with Gasteiger partial charge in [0.1, 0.15) is 18.4 Å². The Morgan fingerprint density at radius 2 is 1.51 bits per heavy atom. The molecule has 3 rings (SSSR count). The molecule has 0 unspecified atom stereocenters. The third kappa shape index (κ3) is 7.44. The summed E-state index contributed by atoms with van der Waals surface area (Å²) in [6.07, 6.45) is 1.26. The van der Waals surface area contributed by atoms with Gasteiger partial charge in [0, 0.05) is 12.6 Å². The maximum absolute atomic E-state index is 13.9. The molecule has 0 bridgehead atoms. The first-order valence-corrected chi connectivity index (χ1v) is 14.5. The number of nitrogens with zero attached hydrogens (tertiary/aromatic N) is 2. The van der Waals surface area contributed by atoms with Gasteiger partial charge in [0.15, 0.2) is 0 Å². The standard InChI is InChI=1S/C30H36FN3O4S/c1-5-22(3)32-30(36)23(4)33(20-24-16-18-26(31)19-17-24)29(35)21-34(28-15-11-10-12-25(28)6-2)39(37,38)27-13-8-7-9-14-27/h7-19,22-23H,5-6,20-21H2,1-4H3,(H,32,36)/t22-,23+/m0/s1. The first-order chi connectivity index (χ1) is 18.6. The summed E-state index contributed by atoms with van der Waals surface area (Å²) in [7, 11) is -4.13. The van der Waals surface area contributed by atoms with Crippen molar-refractivity contribution in [3.8, 4) is 0 Å². The van der Waals surface area contributed by atoms with Crippen molar-refractivity contribution in [1.29, 1.82) is 0 Å². The molecule has 0 aromatic heterocycles. The van der Waals surface area contributed by atoms with E-state index in [4.69, 9.17) is 0 Å². The maximum Gasteiger partial charge on any atom is 0.264 e. The minimum atomic E-state index is -4.13. The number of aryl methyl sites for hydroxylation is 1. The van der Waals surface area contributed by atoms with E-state index in [0.717, 1.165) is 9.87 Å². The predicted octanol–water partition coefficient (Wildman–Crippen LogP) is 4.92. The summed E-state index contributed by atoms with van der Waals surface area (Å²) in [6.45, 7) is 6.81.